The average molecular weight is 222 g/mol. The van der Waals surface area contributed by atoms with Gasteiger partial charge >= 0.3 is 0 Å². The maximum absolute atomic E-state index is 11.7. The van der Waals surface area contributed by atoms with E-state index in [-0.39, 0.29) is 11.9 Å². The van der Waals surface area contributed by atoms with E-state index in [0.29, 0.717) is 6.54 Å². The molecule has 1 aromatic rings. The first-order valence-corrected chi connectivity index (χ1v) is 5.90. The van der Waals surface area contributed by atoms with E-state index in [4.69, 9.17) is 5.73 Å². The number of nitrogens with two attached hydrogens (primary N) is 1. The largest absolute Gasteiger partial charge is 0.338 e. The van der Waals surface area contributed by atoms with Crippen LogP contribution in [0, 0.1) is 0 Å². The van der Waals surface area contributed by atoms with Gasteiger partial charge in [0.05, 0.1) is 0 Å². The summed E-state index contributed by atoms with van der Waals surface area (Å²) in [5, 5.41) is 2.00. The van der Waals surface area contributed by atoms with Crippen LogP contribution in [0.15, 0.2) is 23.6 Å². The topological polar surface area (TPSA) is 46.3 Å². The van der Waals surface area contributed by atoms with E-state index < -0.39 is 0 Å². The third-order valence-electron chi connectivity index (χ3n) is 2.47. The van der Waals surface area contributed by atoms with Crippen LogP contribution in [0.25, 0.3) is 6.08 Å². The van der Waals surface area contributed by atoms with Gasteiger partial charge in [-0.1, -0.05) is 6.07 Å². The zero-order chi connectivity index (χ0) is 10.7. The quantitative estimate of drug-likeness (QED) is 0.767. The van der Waals surface area contributed by atoms with Crippen molar-refractivity contribution in [2.45, 2.75) is 12.5 Å². The van der Waals surface area contributed by atoms with Gasteiger partial charge in [0, 0.05) is 30.1 Å². The van der Waals surface area contributed by atoms with Crippen LogP contribution in [0.5, 0.6) is 0 Å². The molecule has 0 aliphatic carbocycles. The molecule has 80 valence electrons. The molecule has 2 N–H and O–H groups in total. The predicted molar refractivity (Wildman–Crippen MR) is 62.5 cm³/mol. The molecule has 0 saturated carbocycles. The molecule has 4 heteroatoms. The fraction of sp³-hybridized carbons (Fsp3) is 0.364. The lowest BCUT2D eigenvalue weighted by Crippen LogP contribution is -2.30. The summed E-state index contributed by atoms with van der Waals surface area (Å²) < 4.78 is 0. The number of carbonyl (C=O) groups excluding carboxylic acids is 1. The predicted octanol–water partition coefficient (Wildman–Crippen LogP) is 1.32. The van der Waals surface area contributed by atoms with Crippen LogP contribution in [0.3, 0.4) is 0 Å². The molecule has 0 bridgehead atoms. The van der Waals surface area contributed by atoms with Gasteiger partial charge in [0.15, 0.2) is 0 Å². The van der Waals surface area contributed by atoms with Crippen molar-refractivity contribution in [3.63, 3.8) is 0 Å². The Morgan fingerprint density at radius 2 is 2.53 bits per heavy atom. The Morgan fingerprint density at radius 1 is 1.67 bits per heavy atom. The number of likely N-dealkylation sites (tertiary alicyclic amines) is 1. The third kappa shape index (κ3) is 2.67. The molecular formula is C11H14N2OS. The summed E-state index contributed by atoms with van der Waals surface area (Å²) in [4.78, 5) is 14.6. The van der Waals surface area contributed by atoms with Crippen molar-refractivity contribution in [3.8, 4) is 0 Å². The molecule has 1 fully saturated rings. The zero-order valence-electron chi connectivity index (χ0n) is 8.43. The van der Waals surface area contributed by atoms with Gasteiger partial charge in [-0.15, -0.1) is 11.3 Å². The molecule has 1 atom stereocenters. The van der Waals surface area contributed by atoms with Crippen molar-refractivity contribution in [3.05, 3.63) is 28.5 Å². The molecule has 0 spiro atoms. The van der Waals surface area contributed by atoms with Crippen molar-refractivity contribution >= 4 is 23.3 Å². The van der Waals surface area contributed by atoms with Crippen molar-refractivity contribution in [2.24, 2.45) is 5.73 Å². The van der Waals surface area contributed by atoms with E-state index in [1.807, 2.05) is 23.6 Å². The van der Waals surface area contributed by atoms with Gasteiger partial charge in [0.2, 0.25) is 5.91 Å². The van der Waals surface area contributed by atoms with Gasteiger partial charge in [-0.05, 0) is 23.9 Å². The molecule has 1 aliphatic rings. The minimum atomic E-state index is 0.0661. The Bertz CT molecular complexity index is 359. The van der Waals surface area contributed by atoms with E-state index in [2.05, 4.69) is 0 Å². The fourth-order valence-electron chi connectivity index (χ4n) is 1.63. The summed E-state index contributed by atoms with van der Waals surface area (Å²) in [6.07, 6.45) is 4.40. The van der Waals surface area contributed by atoms with Crippen molar-refractivity contribution < 1.29 is 4.79 Å². The lowest BCUT2D eigenvalue weighted by Gasteiger charge is -2.12. The molecule has 2 rings (SSSR count). The lowest BCUT2D eigenvalue weighted by atomic mass is 10.3. The second-order valence-electron chi connectivity index (χ2n) is 3.68. The van der Waals surface area contributed by atoms with E-state index in [1.54, 1.807) is 22.3 Å². The zero-order valence-corrected chi connectivity index (χ0v) is 9.24. The molecule has 0 unspecified atom stereocenters. The highest BCUT2D eigenvalue weighted by atomic mass is 32.1. The van der Waals surface area contributed by atoms with Gasteiger partial charge < -0.3 is 10.6 Å². The van der Waals surface area contributed by atoms with Gasteiger partial charge in [0.25, 0.3) is 0 Å². The number of hydrogen-bond donors (Lipinski definition) is 1. The minimum Gasteiger partial charge on any atom is -0.338 e. The lowest BCUT2D eigenvalue weighted by molar-refractivity contribution is -0.124. The van der Waals surface area contributed by atoms with Crippen molar-refractivity contribution in [1.29, 1.82) is 0 Å². The molecule has 2 heterocycles. The molecule has 0 aromatic carbocycles. The van der Waals surface area contributed by atoms with E-state index in [1.165, 1.54) is 0 Å². The van der Waals surface area contributed by atoms with E-state index >= 15 is 0 Å². The summed E-state index contributed by atoms with van der Waals surface area (Å²) in [6.45, 7) is 1.47. The average Bonchev–Trinajstić information content (AvgIpc) is 2.84. The Labute approximate surface area is 93.2 Å². The highest BCUT2D eigenvalue weighted by Crippen LogP contribution is 2.12. The van der Waals surface area contributed by atoms with Crippen LogP contribution in [0.2, 0.25) is 0 Å². The molecule has 1 saturated heterocycles. The normalized spacial score (nSPS) is 21.4. The first-order chi connectivity index (χ1) is 7.25. The molecule has 1 aliphatic heterocycles. The summed E-state index contributed by atoms with van der Waals surface area (Å²) in [7, 11) is 0. The van der Waals surface area contributed by atoms with Crippen LogP contribution in [0.4, 0.5) is 0 Å². The number of rotatable bonds is 2. The van der Waals surface area contributed by atoms with E-state index in [9.17, 15) is 4.79 Å². The summed E-state index contributed by atoms with van der Waals surface area (Å²) in [5.41, 5.74) is 5.74. The molecular weight excluding hydrogens is 208 g/mol. The van der Waals surface area contributed by atoms with Gasteiger partial charge in [-0.2, -0.15) is 0 Å². The Kier molecular flexibility index (Phi) is 3.18. The van der Waals surface area contributed by atoms with Gasteiger partial charge in [-0.25, -0.2) is 0 Å². The van der Waals surface area contributed by atoms with E-state index in [0.717, 1.165) is 17.8 Å². The Hall–Kier alpha value is -1.13. The van der Waals surface area contributed by atoms with Crippen LogP contribution in [-0.4, -0.2) is 29.9 Å². The van der Waals surface area contributed by atoms with Gasteiger partial charge in [0.1, 0.15) is 0 Å². The fourth-order valence-corrected chi connectivity index (χ4v) is 2.25. The number of nitrogens with zero attached hydrogens (tertiary/aromatic N) is 1. The third-order valence-corrected chi connectivity index (χ3v) is 3.31. The molecule has 15 heavy (non-hydrogen) atoms. The second-order valence-corrected chi connectivity index (χ2v) is 4.66. The van der Waals surface area contributed by atoms with Crippen LogP contribution >= 0.6 is 11.3 Å². The van der Waals surface area contributed by atoms with Crippen molar-refractivity contribution in [1.82, 2.24) is 4.90 Å². The standard InChI is InChI=1S/C11H14N2OS/c12-9-5-6-13(8-9)11(14)4-3-10-2-1-7-15-10/h1-4,7,9H,5-6,8,12H2/b4-3+/t9-/m0/s1. The molecule has 1 amide bonds. The van der Waals surface area contributed by atoms with Crippen LogP contribution in [-0.2, 0) is 4.79 Å². The highest BCUT2D eigenvalue weighted by molar-refractivity contribution is 7.10. The van der Waals surface area contributed by atoms with Crippen LogP contribution < -0.4 is 5.73 Å². The number of carbonyl (C=O) groups is 1. The number of amides is 1. The second kappa shape index (κ2) is 4.59. The summed E-state index contributed by atoms with van der Waals surface area (Å²) in [5.74, 6) is 0.0661. The molecule has 0 radical (unpaired) electrons. The highest BCUT2D eigenvalue weighted by Gasteiger charge is 2.21. The maximum atomic E-state index is 11.7. The number of thiophene rings is 1. The van der Waals surface area contributed by atoms with Gasteiger partial charge in [-0.3, -0.25) is 4.79 Å². The minimum absolute atomic E-state index is 0.0661. The molecule has 1 aromatic heterocycles. The first kappa shape index (κ1) is 10.4. The summed E-state index contributed by atoms with van der Waals surface area (Å²) in [6, 6.07) is 4.12. The first-order valence-electron chi connectivity index (χ1n) is 5.02. The number of hydrogen-bond acceptors (Lipinski definition) is 3. The smallest absolute Gasteiger partial charge is 0.246 e. The monoisotopic (exact) mass is 222 g/mol. The Balaban J connectivity index is 1.92. The SMILES string of the molecule is N[C@H]1CCN(C(=O)/C=C/c2cccs2)C1. The summed E-state index contributed by atoms with van der Waals surface area (Å²) >= 11 is 1.63. The maximum Gasteiger partial charge on any atom is 0.246 e. The molecule has 3 nitrogen and oxygen atoms in total. The van der Waals surface area contributed by atoms with Crippen molar-refractivity contribution in [2.75, 3.05) is 13.1 Å². The van der Waals surface area contributed by atoms with Crippen LogP contribution in [0.1, 0.15) is 11.3 Å². The Morgan fingerprint density at radius 3 is 3.13 bits per heavy atom.